The highest BCUT2D eigenvalue weighted by atomic mass is 16.5. The Labute approximate surface area is 179 Å². The minimum absolute atomic E-state index is 0.107. The van der Waals surface area contributed by atoms with Crippen LogP contribution in [0.25, 0.3) is 0 Å². The van der Waals surface area contributed by atoms with Crippen LogP contribution in [0.5, 0.6) is 5.75 Å². The molecule has 4 rings (SSSR count). The van der Waals surface area contributed by atoms with Crippen LogP contribution < -0.4 is 9.64 Å². The predicted octanol–water partition coefficient (Wildman–Crippen LogP) is 3.70. The highest BCUT2D eigenvalue weighted by Crippen LogP contribution is 2.33. The van der Waals surface area contributed by atoms with Crippen molar-refractivity contribution >= 4 is 11.6 Å². The van der Waals surface area contributed by atoms with Crippen LogP contribution in [0.3, 0.4) is 0 Å². The number of carbonyl (C=O) groups is 1. The summed E-state index contributed by atoms with van der Waals surface area (Å²) in [5.41, 5.74) is 3.50. The van der Waals surface area contributed by atoms with Gasteiger partial charge in [-0.3, -0.25) is 9.69 Å². The first-order valence-electron chi connectivity index (χ1n) is 11.1. The SMILES string of the molecule is CC(Cc1ccccc1)N1C(=O)CCc2ccc(OCCCN3CCOCC3)cc21. The van der Waals surface area contributed by atoms with Gasteiger partial charge in [0.25, 0.3) is 0 Å². The van der Waals surface area contributed by atoms with E-state index in [-0.39, 0.29) is 11.9 Å². The van der Waals surface area contributed by atoms with E-state index in [4.69, 9.17) is 9.47 Å². The van der Waals surface area contributed by atoms with Crippen molar-refractivity contribution in [3.8, 4) is 5.75 Å². The molecule has 30 heavy (non-hydrogen) atoms. The third kappa shape index (κ3) is 5.21. The van der Waals surface area contributed by atoms with Crippen LogP contribution in [0.15, 0.2) is 48.5 Å². The second kappa shape index (κ2) is 10.1. The van der Waals surface area contributed by atoms with Crippen molar-refractivity contribution < 1.29 is 14.3 Å². The molecule has 5 heteroatoms. The summed E-state index contributed by atoms with van der Waals surface area (Å²) in [6.45, 7) is 7.53. The quantitative estimate of drug-likeness (QED) is 0.625. The number of fused-ring (bicyclic) bond motifs is 1. The van der Waals surface area contributed by atoms with Crippen LogP contribution >= 0.6 is 0 Å². The fourth-order valence-corrected chi connectivity index (χ4v) is 4.40. The predicted molar refractivity (Wildman–Crippen MR) is 119 cm³/mol. The van der Waals surface area contributed by atoms with E-state index in [0.29, 0.717) is 13.0 Å². The highest BCUT2D eigenvalue weighted by Gasteiger charge is 2.28. The standard InChI is InChI=1S/C25H32N2O3/c1-20(18-21-6-3-2-4-7-21)27-24-19-23(10-8-22(24)9-11-25(27)28)30-15-5-12-26-13-16-29-17-14-26/h2-4,6-8,10,19-20H,5,9,11-18H2,1H3. The lowest BCUT2D eigenvalue weighted by molar-refractivity contribution is -0.119. The van der Waals surface area contributed by atoms with Gasteiger partial charge < -0.3 is 14.4 Å². The molecule has 0 aliphatic carbocycles. The number of morpholine rings is 1. The Hall–Kier alpha value is -2.37. The molecule has 2 aliphatic heterocycles. The Morgan fingerprint density at radius 3 is 2.67 bits per heavy atom. The van der Waals surface area contributed by atoms with Crippen molar-refractivity contribution in [3.05, 3.63) is 59.7 Å². The molecule has 1 atom stereocenters. The summed E-state index contributed by atoms with van der Waals surface area (Å²) in [6.07, 6.45) is 3.21. The number of anilines is 1. The van der Waals surface area contributed by atoms with E-state index in [2.05, 4.69) is 48.2 Å². The number of ether oxygens (including phenoxy) is 2. The van der Waals surface area contributed by atoms with E-state index in [1.54, 1.807) is 0 Å². The van der Waals surface area contributed by atoms with Gasteiger partial charge in [-0.05, 0) is 43.4 Å². The molecule has 1 saturated heterocycles. The Morgan fingerprint density at radius 2 is 1.87 bits per heavy atom. The second-order valence-electron chi connectivity index (χ2n) is 8.25. The zero-order valence-corrected chi connectivity index (χ0v) is 17.9. The number of benzene rings is 2. The average molecular weight is 409 g/mol. The topological polar surface area (TPSA) is 42.0 Å². The molecule has 0 bridgehead atoms. The van der Waals surface area contributed by atoms with E-state index in [0.717, 1.165) is 63.5 Å². The first-order valence-corrected chi connectivity index (χ1v) is 11.1. The molecule has 0 radical (unpaired) electrons. The van der Waals surface area contributed by atoms with Gasteiger partial charge in [-0.2, -0.15) is 0 Å². The molecular formula is C25H32N2O3. The van der Waals surface area contributed by atoms with Crippen LogP contribution in [0, 0.1) is 0 Å². The smallest absolute Gasteiger partial charge is 0.227 e. The summed E-state index contributed by atoms with van der Waals surface area (Å²) in [5.74, 6) is 1.05. The Morgan fingerprint density at radius 1 is 1.07 bits per heavy atom. The number of hydrogen-bond acceptors (Lipinski definition) is 4. The number of aryl methyl sites for hydroxylation is 1. The van der Waals surface area contributed by atoms with E-state index >= 15 is 0 Å². The first kappa shape index (κ1) is 20.9. The van der Waals surface area contributed by atoms with Gasteiger partial charge in [0.15, 0.2) is 0 Å². The summed E-state index contributed by atoms with van der Waals surface area (Å²) < 4.78 is 11.4. The van der Waals surface area contributed by atoms with Crippen LogP contribution in [0.4, 0.5) is 5.69 Å². The summed E-state index contributed by atoms with van der Waals surface area (Å²) >= 11 is 0. The molecule has 1 unspecified atom stereocenters. The Balaban J connectivity index is 1.39. The largest absolute Gasteiger partial charge is 0.493 e. The van der Waals surface area contributed by atoms with Crippen molar-refractivity contribution in [3.63, 3.8) is 0 Å². The van der Waals surface area contributed by atoms with E-state index < -0.39 is 0 Å². The molecule has 0 N–H and O–H groups in total. The molecule has 2 aromatic carbocycles. The summed E-state index contributed by atoms with van der Waals surface area (Å²) in [4.78, 5) is 17.2. The monoisotopic (exact) mass is 408 g/mol. The molecule has 160 valence electrons. The Kier molecular flexibility index (Phi) is 7.03. The number of nitrogens with zero attached hydrogens (tertiary/aromatic N) is 2. The van der Waals surface area contributed by atoms with Gasteiger partial charge in [-0.15, -0.1) is 0 Å². The fourth-order valence-electron chi connectivity index (χ4n) is 4.40. The molecule has 2 aliphatic rings. The maximum atomic E-state index is 12.8. The summed E-state index contributed by atoms with van der Waals surface area (Å²) in [7, 11) is 0. The molecule has 1 fully saturated rings. The van der Waals surface area contributed by atoms with Gasteiger partial charge in [0, 0.05) is 38.2 Å². The lowest BCUT2D eigenvalue weighted by atomic mass is 9.97. The second-order valence-corrected chi connectivity index (χ2v) is 8.25. The molecule has 2 heterocycles. The molecule has 0 aromatic heterocycles. The van der Waals surface area contributed by atoms with Gasteiger partial charge in [0.1, 0.15) is 5.75 Å². The highest BCUT2D eigenvalue weighted by molar-refractivity contribution is 5.97. The zero-order chi connectivity index (χ0) is 20.8. The minimum atomic E-state index is 0.107. The third-order valence-corrected chi connectivity index (χ3v) is 6.00. The molecule has 2 aromatic rings. The summed E-state index contributed by atoms with van der Waals surface area (Å²) in [5, 5.41) is 0. The van der Waals surface area contributed by atoms with E-state index in [1.165, 1.54) is 11.1 Å². The first-order chi connectivity index (χ1) is 14.7. The Bertz CT molecular complexity index is 834. The third-order valence-electron chi connectivity index (χ3n) is 6.00. The number of carbonyl (C=O) groups excluding carboxylic acids is 1. The number of rotatable bonds is 8. The van der Waals surface area contributed by atoms with Crippen molar-refractivity contribution in [1.82, 2.24) is 4.90 Å². The van der Waals surface area contributed by atoms with Crippen LogP contribution in [-0.4, -0.2) is 56.3 Å². The lowest BCUT2D eigenvalue weighted by Crippen LogP contribution is -2.43. The summed E-state index contributed by atoms with van der Waals surface area (Å²) in [6, 6.07) is 16.7. The van der Waals surface area contributed by atoms with Gasteiger partial charge in [-0.1, -0.05) is 36.4 Å². The molecule has 1 amide bonds. The normalized spacial score (nSPS) is 18.2. The van der Waals surface area contributed by atoms with Gasteiger partial charge in [0.05, 0.1) is 25.5 Å². The maximum Gasteiger partial charge on any atom is 0.227 e. The van der Waals surface area contributed by atoms with Crippen LogP contribution in [-0.2, 0) is 22.4 Å². The van der Waals surface area contributed by atoms with E-state index in [1.807, 2.05) is 17.0 Å². The van der Waals surface area contributed by atoms with Gasteiger partial charge in [-0.25, -0.2) is 0 Å². The zero-order valence-electron chi connectivity index (χ0n) is 17.9. The number of amides is 1. The lowest BCUT2D eigenvalue weighted by Gasteiger charge is -2.35. The van der Waals surface area contributed by atoms with Crippen molar-refractivity contribution in [2.24, 2.45) is 0 Å². The van der Waals surface area contributed by atoms with Crippen molar-refractivity contribution in [1.29, 1.82) is 0 Å². The molecule has 0 saturated carbocycles. The van der Waals surface area contributed by atoms with Gasteiger partial charge in [0.2, 0.25) is 5.91 Å². The average Bonchev–Trinajstić information content (AvgIpc) is 2.78. The molecule has 0 spiro atoms. The maximum absolute atomic E-state index is 12.8. The fraction of sp³-hybridized carbons (Fsp3) is 0.480. The number of hydrogen-bond donors (Lipinski definition) is 0. The van der Waals surface area contributed by atoms with Gasteiger partial charge >= 0.3 is 0 Å². The molecule has 5 nitrogen and oxygen atoms in total. The van der Waals surface area contributed by atoms with Crippen molar-refractivity contribution in [2.75, 3.05) is 44.4 Å². The van der Waals surface area contributed by atoms with Crippen LogP contribution in [0.2, 0.25) is 0 Å². The minimum Gasteiger partial charge on any atom is -0.493 e. The van der Waals surface area contributed by atoms with E-state index in [9.17, 15) is 4.79 Å². The van der Waals surface area contributed by atoms with Crippen LogP contribution in [0.1, 0.15) is 30.9 Å². The molecular weight excluding hydrogens is 376 g/mol. The van der Waals surface area contributed by atoms with Crippen molar-refractivity contribution in [2.45, 2.75) is 38.6 Å².